The van der Waals surface area contributed by atoms with Crippen molar-refractivity contribution in [3.63, 3.8) is 0 Å². The van der Waals surface area contributed by atoms with Gasteiger partial charge >= 0.3 is 0 Å². The Morgan fingerprint density at radius 3 is 2.46 bits per heavy atom. The molecule has 0 heterocycles. The van der Waals surface area contributed by atoms with Crippen LogP contribution in [0.5, 0.6) is 5.75 Å². The van der Waals surface area contributed by atoms with E-state index in [1.54, 1.807) is 43.3 Å². The molecule has 0 aliphatic rings. The molecule has 24 heavy (non-hydrogen) atoms. The van der Waals surface area contributed by atoms with E-state index in [1.165, 1.54) is 7.11 Å². The van der Waals surface area contributed by atoms with Crippen molar-refractivity contribution < 1.29 is 9.13 Å². The molecule has 130 valence electrons. The molecule has 0 radical (unpaired) electrons. The predicted molar refractivity (Wildman–Crippen MR) is 100 cm³/mol. The molecule has 2 rings (SSSR count). The standard InChI is InChI=1S/C16H15ClFNO.C3H9N/c1-10(19)8-12-6-7-14(20-2)15(16(12)18)11-4-3-5-13(17)9-11;1-3-4-2/h3-7,9,19H,8H2,1-2H3;4H,3H2,1-2H3. The van der Waals surface area contributed by atoms with Crippen molar-refractivity contribution in [2.24, 2.45) is 0 Å². The molecule has 0 aromatic heterocycles. The van der Waals surface area contributed by atoms with E-state index >= 15 is 0 Å². The van der Waals surface area contributed by atoms with Crippen LogP contribution in [0, 0.1) is 11.2 Å². The smallest absolute Gasteiger partial charge is 0.138 e. The van der Waals surface area contributed by atoms with E-state index in [1.807, 2.05) is 7.05 Å². The molecule has 0 aliphatic carbocycles. The Balaban J connectivity index is 0.000000648. The van der Waals surface area contributed by atoms with Gasteiger partial charge in [-0.1, -0.05) is 36.7 Å². The first-order valence-corrected chi connectivity index (χ1v) is 8.12. The summed E-state index contributed by atoms with van der Waals surface area (Å²) in [4.78, 5) is 0. The molecule has 2 aromatic carbocycles. The molecule has 0 atom stereocenters. The normalized spacial score (nSPS) is 9.92. The lowest BCUT2D eigenvalue weighted by Crippen LogP contribution is -2.02. The Labute approximate surface area is 148 Å². The third kappa shape index (κ3) is 5.62. The largest absolute Gasteiger partial charge is 0.496 e. The quantitative estimate of drug-likeness (QED) is 0.748. The Morgan fingerprint density at radius 2 is 1.96 bits per heavy atom. The molecule has 0 saturated carbocycles. The molecule has 5 heteroatoms. The fourth-order valence-corrected chi connectivity index (χ4v) is 2.30. The van der Waals surface area contributed by atoms with Crippen molar-refractivity contribution in [3.8, 4) is 16.9 Å². The lowest BCUT2D eigenvalue weighted by Gasteiger charge is -2.13. The van der Waals surface area contributed by atoms with Crippen LogP contribution < -0.4 is 10.1 Å². The van der Waals surface area contributed by atoms with E-state index in [0.717, 1.165) is 6.54 Å². The first-order chi connectivity index (χ1) is 11.4. The lowest BCUT2D eigenvalue weighted by atomic mass is 9.98. The summed E-state index contributed by atoms with van der Waals surface area (Å²) in [6.45, 7) is 4.79. The van der Waals surface area contributed by atoms with E-state index in [9.17, 15) is 4.39 Å². The number of hydrogen-bond donors (Lipinski definition) is 2. The average Bonchev–Trinajstić information content (AvgIpc) is 2.56. The topological polar surface area (TPSA) is 45.1 Å². The molecule has 0 bridgehead atoms. The maximum absolute atomic E-state index is 14.7. The molecule has 3 nitrogen and oxygen atoms in total. The van der Waals surface area contributed by atoms with Gasteiger partial charge in [0.25, 0.3) is 0 Å². The number of rotatable bonds is 5. The van der Waals surface area contributed by atoms with Crippen molar-refractivity contribution in [3.05, 3.63) is 52.8 Å². The highest BCUT2D eigenvalue weighted by molar-refractivity contribution is 6.30. The third-order valence-corrected chi connectivity index (χ3v) is 3.56. The van der Waals surface area contributed by atoms with Crippen molar-refractivity contribution in [1.82, 2.24) is 5.32 Å². The maximum atomic E-state index is 14.7. The molecule has 0 saturated heterocycles. The van der Waals surface area contributed by atoms with Crippen LogP contribution in [0.15, 0.2) is 36.4 Å². The summed E-state index contributed by atoms with van der Waals surface area (Å²) in [5.41, 5.74) is 1.93. The Kier molecular flexibility index (Phi) is 8.44. The first kappa shape index (κ1) is 20.1. The van der Waals surface area contributed by atoms with Gasteiger partial charge in [0.05, 0.1) is 12.7 Å². The van der Waals surface area contributed by atoms with Gasteiger partial charge in [-0.25, -0.2) is 4.39 Å². The van der Waals surface area contributed by atoms with Crippen LogP contribution in [-0.2, 0) is 6.42 Å². The van der Waals surface area contributed by atoms with E-state index in [-0.39, 0.29) is 12.2 Å². The van der Waals surface area contributed by atoms with E-state index in [4.69, 9.17) is 21.7 Å². The molecule has 0 amide bonds. The summed E-state index contributed by atoms with van der Waals surface area (Å²) < 4.78 is 19.9. The van der Waals surface area contributed by atoms with Gasteiger partial charge in [-0.3, -0.25) is 0 Å². The molecule has 0 unspecified atom stereocenters. The van der Waals surface area contributed by atoms with Crippen LogP contribution in [-0.4, -0.2) is 26.4 Å². The number of nitrogens with one attached hydrogen (secondary N) is 2. The van der Waals surface area contributed by atoms with Gasteiger partial charge in [0.1, 0.15) is 11.6 Å². The summed E-state index contributed by atoms with van der Waals surface area (Å²) in [7, 11) is 3.43. The fourth-order valence-electron chi connectivity index (χ4n) is 2.11. The lowest BCUT2D eigenvalue weighted by molar-refractivity contribution is 0.413. The number of benzene rings is 2. The van der Waals surface area contributed by atoms with Crippen LogP contribution in [0.1, 0.15) is 19.4 Å². The van der Waals surface area contributed by atoms with Gasteiger partial charge in [0.2, 0.25) is 0 Å². The van der Waals surface area contributed by atoms with Gasteiger partial charge < -0.3 is 15.5 Å². The predicted octanol–water partition coefficient (Wildman–Crippen LogP) is 4.96. The van der Waals surface area contributed by atoms with Crippen LogP contribution in [0.4, 0.5) is 4.39 Å². The van der Waals surface area contributed by atoms with Crippen LogP contribution in [0.25, 0.3) is 11.1 Å². The number of ether oxygens (including phenoxy) is 1. The zero-order chi connectivity index (χ0) is 18.1. The maximum Gasteiger partial charge on any atom is 0.138 e. The Bertz CT molecular complexity index is 687. The van der Waals surface area contributed by atoms with Crippen LogP contribution in [0.2, 0.25) is 5.02 Å². The van der Waals surface area contributed by atoms with Gasteiger partial charge in [-0.15, -0.1) is 0 Å². The zero-order valence-corrected chi connectivity index (χ0v) is 15.3. The highest BCUT2D eigenvalue weighted by atomic mass is 35.5. The molecule has 2 aromatic rings. The third-order valence-electron chi connectivity index (χ3n) is 3.33. The monoisotopic (exact) mass is 350 g/mol. The highest BCUT2D eigenvalue weighted by Crippen LogP contribution is 2.35. The van der Waals surface area contributed by atoms with Gasteiger partial charge in [0.15, 0.2) is 0 Å². The second-order valence-corrected chi connectivity index (χ2v) is 5.73. The molecule has 2 N–H and O–H groups in total. The van der Waals surface area contributed by atoms with Crippen molar-refractivity contribution in [2.75, 3.05) is 20.7 Å². The van der Waals surface area contributed by atoms with Crippen molar-refractivity contribution in [1.29, 1.82) is 5.41 Å². The first-order valence-electron chi connectivity index (χ1n) is 7.74. The summed E-state index contributed by atoms with van der Waals surface area (Å²) in [5.74, 6) is 0.0920. The van der Waals surface area contributed by atoms with Gasteiger partial charge in [-0.2, -0.15) is 0 Å². The van der Waals surface area contributed by atoms with E-state index in [2.05, 4.69) is 12.2 Å². The second kappa shape index (κ2) is 10.1. The minimum Gasteiger partial charge on any atom is -0.496 e. The second-order valence-electron chi connectivity index (χ2n) is 5.29. The fraction of sp³-hybridized carbons (Fsp3) is 0.316. The summed E-state index contributed by atoms with van der Waals surface area (Å²) in [5, 5.41) is 11.0. The summed E-state index contributed by atoms with van der Waals surface area (Å²) >= 11 is 5.97. The average molecular weight is 351 g/mol. The van der Waals surface area contributed by atoms with Gasteiger partial charge in [0, 0.05) is 17.2 Å². The minimum atomic E-state index is -0.363. The zero-order valence-electron chi connectivity index (χ0n) is 14.5. The number of methoxy groups -OCH3 is 1. The summed E-state index contributed by atoms with van der Waals surface area (Å²) in [6, 6.07) is 10.4. The SMILES string of the molecule is CCNC.COc1ccc(CC(C)=N)c(F)c1-c1cccc(Cl)c1. The number of halogens is 2. The Hall–Kier alpha value is -1.91. The number of hydrogen-bond acceptors (Lipinski definition) is 3. The molecule has 0 fully saturated rings. The van der Waals surface area contributed by atoms with Crippen LogP contribution in [0.3, 0.4) is 0 Å². The van der Waals surface area contributed by atoms with Gasteiger partial charge in [-0.05, 0) is 49.8 Å². The van der Waals surface area contributed by atoms with Crippen LogP contribution >= 0.6 is 11.6 Å². The highest BCUT2D eigenvalue weighted by Gasteiger charge is 2.16. The van der Waals surface area contributed by atoms with Crippen molar-refractivity contribution >= 4 is 17.3 Å². The molecular formula is C19H24ClFN2O. The molecule has 0 aliphatic heterocycles. The molecular weight excluding hydrogens is 327 g/mol. The minimum absolute atomic E-state index is 0.281. The van der Waals surface area contributed by atoms with E-state index < -0.39 is 0 Å². The summed E-state index contributed by atoms with van der Waals surface area (Å²) in [6.07, 6.45) is 0.281. The van der Waals surface area contributed by atoms with E-state index in [0.29, 0.717) is 33.2 Å². The Morgan fingerprint density at radius 1 is 1.29 bits per heavy atom. The van der Waals surface area contributed by atoms with Crippen molar-refractivity contribution in [2.45, 2.75) is 20.3 Å². The molecule has 0 spiro atoms.